The molecule has 82 valence electrons. The second-order valence-electron chi connectivity index (χ2n) is 3.38. The van der Waals surface area contributed by atoms with Gasteiger partial charge in [-0.1, -0.05) is 0 Å². The van der Waals surface area contributed by atoms with E-state index in [-0.39, 0.29) is 5.91 Å². The molecule has 1 heterocycles. The second-order valence-corrected chi connectivity index (χ2v) is 3.38. The molecule has 0 bridgehead atoms. The standard InChI is InChI=1S/C10H14N2O3/c1-7(13)12-10(2,9(14)15-3)8-5-4-6-11-8/h4-6,11H,1-3H3,(H,12,13). The Labute approximate surface area is 87.8 Å². The summed E-state index contributed by atoms with van der Waals surface area (Å²) in [5, 5.41) is 2.56. The molecular formula is C10H14N2O3. The summed E-state index contributed by atoms with van der Waals surface area (Å²) in [6.45, 7) is 2.94. The van der Waals surface area contributed by atoms with Gasteiger partial charge in [-0.05, 0) is 19.1 Å². The van der Waals surface area contributed by atoms with E-state index >= 15 is 0 Å². The highest BCUT2D eigenvalue weighted by Gasteiger charge is 2.38. The summed E-state index contributed by atoms with van der Waals surface area (Å²) in [4.78, 5) is 25.5. The third-order valence-electron chi connectivity index (χ3n) is 2.16. The van der Waals surface area contributed by atoms with Gasteiger partial charge in [0.05, 0.1) is 12.8 Å². The van der Waals surface area contributed by atoms with Gasteiger partial charge in [0.1, 0.15) is 0 Å². The molecule has 5 nitrogen and oxygen atoms in total. The molecule has 0 aromatic carbocycles. The summed E-state index contributed by atoms with van der Waals surface area (Å²) < 4.78 is 4.67. The predicted molar refractivity (Wildman–Crippen MR) is 54.0 cm³/mol. The summed E-state index contributed by atoms with van der Waals surface area (Å²) in [6.07, 6.45) is 1.68. The van der Waals surface area contributed by atoms with Gasteiger partial charge >= 0.3 is 5.97 Å². The molecule has 1 atom stereocenters. The van der Waals surface area contributed by atoms with Crippen LogP contribution in [0.1, 0.15) is 19.5 Å². The van der Waals surface area contributed by atoms with Crippen LogP contribution in [-0.2, 0) is 19.9 Å². The number of rotatable bonds is 3. The van der Waals surface area contributed by atoms with Crippen molar-refractivity contribution < 1.29 is 14.3 Å². The lowest BCUT2D eigenvalue weighted by Gasteiger charge is -2.26. The molecule has 1 aromatic rings. The number of hydrogen-bond acceptors (Lipinski definition) is 3. The van der Waals surface area contributed by atoms with Gasteiger partial charge < -0.3 is 15.0 Å². The first-order valence-electron chi connectivity index (χ1n) is 4.51. The molecule has 5 heteroatoms. The van der Waals surface area contributed by atoms with E-state index in [1.165, 1.54) is 14.0 Å². The van der Waals surface area contributed by atoms with Crippen molar-refractivity contribution in [3.05, 3.63) is 24.0 Å². The summed E-state index contributed by atoms with van der Waals surface area (Å²) in [7, 11) is 1.28. The highest BCUT2D eigenvalue weighted by molar-refractivity contribution is 5.87. The summed E-state index contributed by atoms with van der Waals surface area (Å²) >= 11 is 0. The van der Waals surface area contributed by atoms with Gasteiger partial charge in [0, 0.05) is 13.1 Å². The molecule has 0 aliphatic heterocycles. The van der Waals surface area contributed by atoms with Crippen molar-refractivity contribution in [3.8, 4) is 0 Å². The number of carbonyl (C=O) groups excluding carboxylic acids is 2. The number of aromatic amines is 1. The average Bonchev–Trinajstić information content (AvgIpc) is 2.68. The molecule has 0 saturated heterocycles. The Bertz CT molecular complexity index is 359. The minimum Gasteiger partial charge on any atom is -0.467 e. The molecular weight excluding hydrogens is 196 g/mol. The van der Waals surface area contributed by atoms with Crippen molar-refractivity contribution in [2.75, 3.05) is 7.11 Å². The number of methoxy groups -OCH3 is 1. The topological polar surface area (TPSA) is 71.2 Å². The van der Waals surface area contributed by atoms with E-state index in [0.29, 0.717) is 5.69 Å². The Hall–Kier alpha value is -1.78. The fourth-order valence-corrected chi connectivity index (χ4v) is 1.43. The maximum atomic E-state index is 11.6. The number of esters is 1. The molecule has 0 fully saturated rings. The van der Waals surface area contributed by atoms with Crippen LogP contribution in [0, 0.1) is 0 Å². The first-order valence-corrected chi connectivity index (χ1v) is 4.51. The maximum Gasteiger partial charge on any atom is 0.337 e. The van der Waals surface area contributed by atoms with E-state index in [1.54, 1.807) is 25.3 Å². The van der Waals surface area contributed by atoms with Crippen LogP contribution >= 0.6 is 0 Å². The third kappa shape index (κ3) is 2.18. The molecule has 1 aromatic heterocycles. The lowest BCUT2D eigenvalue weighted by Crippen LogP contribution is -2.49. The Morgan fingerprint density at radius 2 is 2.20 bits per heavy atom. The molecule has 1 amide bonds. The van der Waals surface area contributed by atoms with Crippen LogP contribution in [0.5, 0.6) is 0 Å². The lowest BCUT2D eigenvalue weighted by molar-refractivity contribution is -0.150. The predicted octanol–water partition coefficient (Wildman–Crippen LogP) is 0.539. The van der Waals surface area contributed by atoms with Crippen molar-refractivity contribution in [3.63, 3.8) is 0 Å². The number of carbonyl (C=O) groups is 2. The highest BCUT2D eigenvalue weighted by atomic mass is 16.5. The molecule has 0 radical (unpaired) electrons. The van der Waals surface area contributed by atoms with E-state index in [2.05, 4.69) is 15.0 Å². The third-order valence-corrected chi connectivity index (χ3v) is 2.16. The number of aromatic nitrogens is 1. The zero-order valence-electron chi connectivity index (χ0n) is 8.96. The van der Waals surface area contributed by atoms with Crippen molar-refractivity contribution in [2.24, 2.45) is 0 Å². The van der Waals surface area contributed by atoms with Gasteiger partial charge in [0.25, 0.3) is 0 Å². The molecule has 0 spiro atoms. The number of nitrogens with one attached hydrogen (secondary N) is 2. The van der Waals surface area contributed by atoms with E-state index < -0.39 is 11.5 Å². The summed E-state index contributed by atoms with van der Waals surface area (Å²) in [5.74, 6) is -0.808. The van der Waals surface area contributed by atoms with E-state index in [4.69, 9.17) is 0 Å². The first-order chi connectivity index (χ1) is 7.00. The van der Waals surface area contributed by atoms with Crippen LogP contribution in [-0.4, -0.2) is 24.0 Å². The van der Waals surface area contributed by atoms with E-state index in [0.717, 1.165) is 0 Å². The van der Waals surface area contributed by atoms with Crippen LogP contribution in [0.15, 0.2) is 18.3 Å². The molecule has 0 aliphatic carbocycles. The molecule has 2 N–H and O–H groups in total. The first kappa shape index (κ1) is 11.3. The summed E-state index contributed by atoms with van der Waals surface area (Å²) in [5.41, 5.74) is -0.575. The number of hydrogen-bond donors (Lipinski definition) is 2. The second kappa shape index (κ2) is 4.16. The number of ether oxygens (including phenoxy) is 1. The van der Waals surface area contributed by atoms with Crippen LogP contribution in [0.25, 0.3) is 0 Å². The lowest BCUT2D eigenvalue weighted by atomic mass is 9.98. The maximum absolute atomic E-state index is 11.6. The normalized spacial score (nSPS) is 14.1. The van der Waals surface area contributed by atoms with Crippen LogP contribution < -0.4 is 5.32 Å². The van der Waals surface area contributed by atoms with Crippen molar-refractivity contribution in [2.45, 2.75) is 19.4 Å². The van der Waals surface area contributed by atoms with Crippen LogP contribution in [0.4, 0.5) is 0 Å². The zero-order chi connectivity index (χ0) is 11.5. The van der Waals surface area contributed by atoms with Gasteiger partial charge in [-0.15, -0.1) is 0 Å². The van der Waals surface area contributed by atoms with Gasteiger partial charge in [-0.3, -0.25) is 4.79 Å². The largest absolute Gasteiger partial charge is 0.467 e. The van der Waals surface area contributed by atoms with Gasteiger partial charge in [0.2, 0.25) is 5.91 Å². The Morgan fingerprint density at radius 3 is 2.60 bits per heavy atom. The Kier molecular flexibility index (Phi) is 3.14. The van der Waals surface area contributed by atoms with Gasteiger partial charge in [-0.2, -0.15) is 0 Å². The molecule has 0 aliphatic rings. The SMILES string of the molecule is COC(=O)C(C)(NC(C)=O)c1ccc[nH]1. The smallest absolute Gasteiger partial charge is 0.337 e. The monoisotopic (exact) mass is 210 g/mol. The van der Waals surface area contributed by atoms with Crippen molar-refractivity contribution in [1.29, 1.82) is 0 Å². The van der Waals surface area contributed by atoms with Gasteiger partial charge in [-0.25, -0.2) is 4.79 Å². The fraction of sp³-hybridized carbons (Fsp3) is 0.400. The average molecular weight is 210 g/mol. The number of amides is 1. The Balaban J connectivity index is 3.06. The quantitative estimate of drug-likeness (QED) is 0.715. The van der Waals surface area contributed by atoms with Crippen molar-refractivity contribution >= 4 is 11.9 Å². The molecule has 1 unspecified atom stereocenters. The van der Waals surface area contributed by atoms with E-state index in [1.807, 2.05) is 0 Å². The van der Waals surface area contributed by atoms with Crippen LogP contribution in [0.3, 0.4) is 0 Å². The fourth-order valence-electron chi connectivity index (χ4n) is 1.43. The minimum atomic E-state index is -1.16. The molecule has 0 saturated carbocycles. The highest BCUT2D eigenvalue weighted by Crippen LogP contribution is 2.20. The van der Waals surface area contributed by atoms with Crippen LogP contribution in [0.2, 0.25) is 0 Å². The van der Waals surface area contributed by atoms with E-state index in [9.17, 15) is 9.59 Å². The number of H-pyrrole nitrogens is 1. The summed E-state index contributed by atoms with van der Waals surface area (Å²) in [6, 6.07) is 3.46. The Morgan fingerprint density at radius 1 is 1.53 bits per heavy atom. The molecule has 15 heavy (non-hydrogen) atoms. The minimum absolute atomic E-state index is 0.294. The zero-order valence-corrected chi connectivity index (χ0v) is 8.96. The van der Waals surface area contributed by atoms with Crippen molar-refractivity contribution in [1.82, 2.24) is 10.3 Å². The molecule has 1 rings (SSSR count). The van der Waals surface area contributed by atoms with Gasteiger partial charge in [0.15, 0.2) is 5.54 Å².